The van der Waals surface area contributed by atoms with Crippen LogP contribution in [0.1, 0.15) is 39.0 Å². The summed E-state index contributed by atoms with van der Waals surface area (Å²) >= 11 is 11.8. The highest BCUT2D eigenvalue weighted by atomic mass is 35.5. The minimum Gasteiger partial charge on any atom is -0.377 e. The number of hydrogen-bond donors (Lipinski definition) is 1. The quantitative estimate of drug-likeness (QED) is 0.875. The third-order valence-electron chi connectivity index (χ3n) is 3.11. The molecule has 1 N–H and O–H groups in total. The van der Waals surface area contributed by atoms with Crippen molar-refractivity contribution < 1.29 is 0 Å². The van der Waals surface area contributed by atoms with Gasteiger partial charge in [0.05, 0.1) is 5.69 Å². The first-order chi connectivity index (χ1) is 7.59. The van der Waals surface area contributed by atoms with Crippen molar-refractivity contribution in [2.45, 2.75) is 44.6 Å². The van der Waals surface area contributed by atoms with Crippen molar-refractivity contribution in [2.24, 2.45) is 0 Å². The predicted molar refractivity (Wildman–Crippen MR) is 67.2 cm³/mol. The third kappa shape index (κ3) is 2.77. The van der Waals surface area contributed by atoms with Crippen LogP contribution in [0, 0.1) is 0 Å². The van der Waals surface area contributed by atoms with E-state index in [4.69, 9.17) is 23.2 Å². The van der Waals surface area contributed by atoms with Gasteiger partial charge in [-0.05, 0) is 19.8 Å². The van der Waals surface area contributed by atoms with E-state index in [1.54, 1.807) is 6.07 Å². The molecule has 0 bridgehead atoms. The Labute approximate surface area is 106 Å². The highest BCUT2D eigenvalue weighted by molar-refractivity contribution is 6.33. The fourth-order valence-electron chi connectivity index (χ4n) is 2.22. The lowest BCUT2D eigenvalue weighted by molar-refractivity contribution is 0.349. The summed E-state index contributed by atoms with van der Waals surface area (Å²) in [6.07, 6.45) is 6.15. The van der Waals surface area contributed by atoms with Crippen LogP contribution in [0.15, 0.2) is 6.07 Å². The van der Waals surface area contributed by atoms with Gasteiger partial charge < -0.3 is 5.32 Å². The van der Waals surface area contributed by atoms with E-state index in [1.165, 1.54) is 19.3 Å². The Kier molecular flexibility index (Phi) is 3.55. The van der Waals surface area contributed by atoms with Gasteiger partial charge in [0.2, 0.25) is 0 Å². The summed E-state index contributed by atoms with van der Waals surface area (Å²) in [7, 11) is 0. The molecule has 1 aliphatic carbocycles. The van der Waals surface area contributed by atoms with E-state index in [9.17, 15) is 0 Å². The van der Waals surface area contributed by atoms with Crippen molar-refractivity contribution >= 4 is 28.9 Å². The minimum absolute atomic E-state index is 0.105. The van der Waals surface area contributed by atoms with Gasteiger partial charge in [0.1, 0.15) is 0 Å². The smallest absolute Gasteiger partial charge is 0.174 e. The highest BCUT2D eigenvalue weighted by Crippen LogP contribution is 2.33. The second kappa shape index (κ2) is 4.76. The normalized spacial score (nSPS) is 19.4. The third-order valence-corrected chi connectivity index (χ3v) is 3.58. The number of hydrogen-bond acceptors (Lipinski definition) is 3. The van der Waals surface area contributed by atoms with E-state index >= 15 is 0 Å². The summed E-state index contributed by atoms with van der Waals surface area (Å²) in [5.41, 5.74) is 0.889. The second-order valence-electron chi connectivity index (χ2n) is 4.62. The van der Waals surface area contributed by atoms with Crippen LogP contribution in [0.2, 0.25) is 10.3 Å². The molecule has 1 aromatic heterocycles. The van der Waals surface area contributed by atoms with E-state index < -0.39 is 0 Å². The number of anilines is 1. The van der Waals surface area contributed by atoms with Crippen LogP contribution < -0.4 is 5.32 Å². The zero-order valence-electron chi connectivity index (χ0n) is 9.26. The molecule has 0 aromatic carbocycles. The van der Waals surface area contributed by atoms with Crippen molar-refractivity contribution in [3.63, 3.8) is 0 Å². The predicted octanol–water partition coefficient (Wildman–Crippen LogP) is 3.92. The van der Waals surface area contributed by atoms with Gasteiger partial charge in [0, 0.05) is 11.6 Å². The summed E-state index contributed by atoms with van der Waals surface area (Å²) in [5.74, 6) is 0. The molecule has 1 fully saturated rings. The molecule has 0 atom stereocenters. The molecule has 1 saturated carbocycles. The average Bonchev–Trinajstić information content (AvgIpc) is 2.24. The van der Waals surface area contributed by atoms with E-state index in [0.717, 1.165) is 18.5 Å². The first-order valence-corrected chi connectivity index (χ1v) is 6.32. The Morgan fingerprint density at radius 3 is 2.56 bits per heavy atom. The zero-order chi connectivity index (χ0) is 11.6. The summed E-state index contributed by atoms with van der Waals surface area (Å²) < 4.78 is 0. The van der Waals surface area contributed by atoms with Crippen LogP contribution in [0.3, 0.4) is 0 Å². The maximum Gasteiger partial charge on any atom is 0.174 e. The first-order valence-electron chi connectivity index (χ1n) is 5.56. The lowest BCUT2D eigenvalue weighted by atomic mass is 9.83. The Balaban J connectivity index is 2.15. The van der Waals surface area contributed by atoms with Crippen molar-refractivity contribution in [2.75, 3.05) is 5.32 Å². The Morgan fingerprint density at radius 2 is 1.88 bits per heavy atom. The van der Waals surface area contributed by atoms with E-state index in [0.29, 0.717) is 10.3 Å². The SMILES string of the molecule is CC1(Nc2cc(Cl)nnc2Cl)CCCCC1. The van der Waals surface area contributed by atoms with Crippen molar-refractivity contribution in [1.82, 2.24) is 10.2 Å². The summed E-state index contributed by atoms with van der Waals surface area (Å²) in [4.78, 5) is 0. The highest BCUT2D eigenvalue weighted by Gasteiger charge is 2.27. The minimum atomic E-state index is 0.105. The maximum atomic E-state index is 5.98. The lowest BCUT2D eigenvalue weighted by Gasteiger charge is -2.35. The largest absolute Gasteiger partial charge is 0.377 e. The molecular formula is C11H15Cl2N3. The fourth-order valence-corrected chi connectivity index (χ4v) is 2.51. The second-order valence-corrected chi connectivity index (χ2v) is 5.36. The molecule has 0 saturated heterocycles. The molecule has 16 heavy (non-hydrogen) atoms. The molecule has 1 heterocycles. The van der Waals surface area contributed by atoms with E-state index in [2.05, 4.69) is 22.4 Å². The van der Waals surface area contributed by atoms with Gasteiger partial charge in [0.15, 0.2) is 10.3 Å². The average molecular weight is 260 g/mol. The molecule has 88 valence electrons. The molecule has 0 aliphatic heterocycles. The Morgan fingerprint density at radius 1 is 1.19 bits per heavy atom. The number of aromatic nitrogens is 2. The number of halogens is 2. The number of rotatable bonds is 2. The van der Waals surface area contributed by atoms with Gasteiger partial charge in [-0.2, -0.15) is 0 Å². The molecule has 3 nitrogen and oxygen atoms in total. The lowest BCUT2D eigenvalue weighted by Crippen LogP contribution is -2.36. The van der Waals surface area contributed by atoms with Crippen molar-refractivity contribution in [1.29, 1.82) is 0 Å². The van der Waals surface area contributed by atoms with Crippen LogP contribution in [-0.4, -0.2) is 15.7 Å². The van der Waals surface area contributed by atoms with Crippen LogP contribution >= 0.6 is 23.2 Å². The molecule has 1 aliphatic rings. The van der Waals surface area contributed by atoms with Gasteiger partial charge in [-0.3, -0.25) is 0 Å². The molecule has 0 amide bonds. The fraction of sp³-hybridized carbons (Fsp3) is 0.636. The van der Waals surface area contributed by atoms with Crippen LogP contribution in [0.5, 0.6) is 0 Å². The van der Waals surface area contributed by atoms with Gasteiger partial charge in [-0.15, -0.1) is 10.2 Å². The molecular weight excluding hydrogens is 245 g/mol. The molecule has 0 unspecified atom stereocenters. The summed E-state index contributed by atoms with van der Waals surface area (Å²) in [6, 6.07) is 1.73. The Bertz CT molecular complexity index is 375. The van der Waals surface area contributed by atoms with Crippen LogP contribution in [-0.2, 0) is 0 Å². The molecule has 0 spiro atoms. The van der Waals surface area contributed by atoms with Crippen molar-refractivity contribution in [3.8, 4) is 0 Å². The molecule has 1 aromatic rings. The molecule has 2 rings (SSSR count). The number of nitrogens with zero attached hydrogens (tertiary/aromatic N) is 2. The van der Waals surface area contributed by atoms with Crippen LogP contribution in [0.4, 0.5) is 5.69 Å². The standard InChI is InChI=1S/C11H15Cl2N3/c1-11(5-3-2-4-6-11)14-8-7-9(12)15-16-10(8)13/h7H,2-6H2,1H3,(H,14,15). The number of nitrogens with one attached hydrogen (secondary N) is 1. The summed E-state index contributed by atoms with van der Waals surface area (Å²) in [5, 5.41) is 11.7. The van der Waals surface area contributed by atoms with Crippen molar-refractivity contribution in [3.05, 3.63) is 16.4 Å². The van der Waals surface area contributed by atoms with E-state index in [1.807, 2.05) is 0 Å². The zero-order valence-corrected chi connectivity index (χ0v) is 10.8. The van der Waals surface area contributed by atoms with E-state index in [-0.39, 0.29) is 5.54 Å². The molecule has 0 radical (unpaired) electrons. The first kappa shape index (κ1) is 11.9. The molecule has 5 heteroatoms. The van der Waals surface area contributed by atoms with Gasteiger partial charge in [-0.25, -0.2) is 0 Å². The van der Waals surface area contributed by atoms with Crippen LogP contribution in [0.25, 0.3) is 0 Å². The van der Waals surface area contributed by atoms with Gasteiger partial charge >= 0.3 is 0 Å². The maximum absolute atomic E-state index is 5.98. The Hall–Kier alpha value is -0.540. The monoisotopic (exact) mass is 259 g/mol. The van der Waals surface area contributed by atoms with Gasteiger partial charge in [0.25, 0.3) is 0 Å². The topological polar surface area (TPSA) is 37.8 Å². The van der Waals surface area contributed by atoms with Gasteiger partial charge in [-0.1, -0.05) is 42.5 Å². The summed E-state index contributed by atoms with van der Waals surface area (Å²) in [6.45, 7) is 2.22.